The lowest BCUT2D eigenvalue weighted by molar-refractivity contribution is -0.159. The number of aryl methyl sites for hydroxylation is 1. The van der Waals surface area contributed by atoms with E-state index in [0.29, 0.717) is 13.2 Å². The molecular weight excluding hydrogens is 326 g/mol. The van der Waals surface area contributed by atoms with E-state index >= 15 is 0 Å². The summed E-state index contributed by atoms with van der Waals surface area (Å²) in [6, 6.07) is 6.41. The molecule has 0 aliphatic carbocycles. The number of hydrogen-bond acceptors (Lipinski definition) is 5. The van der Waals surface area contributed by atoms with Gasteiger partial charge in [0.2, 0.25) is 0 Å². The van der Waals surface area contributed by atoms with Crippen LogP contribution in [0, 0.1) is 6.92 Å². The van der Waals surface area contributed by atoms with Gasteiger partial charge in [0.15, 0.2) is 0 Å². The average Bonchev–Trinajstić information content (AvgIpc) is 2.50. The first-order chi connectivity index (χ1) is 11.6. The van der Waals surface area contributed by atoms with Crippen molar-refractivity contribution < 1.29 is 29.6 Å². The fourth-order valence-corrected chi connectivity index (χ4v) is 1.95. The number of hydrogen-bond donors (Lipinski definition) is 4. The third kappa shape index (κ3) is 10.4. The largest absolute Gasteiger partial charge is 0.493 e. The number of aliphatic carboxylic acids is 2. The van der Waals surface area contributed by atoms with Crippen LogP contribution in [0.3, 0.4) is 0 Å². The summed E-state index contributed by atoms with van der Waals surface area (Å²) in [6.45, 7) is 11.1. The first-order valence-electron chi connectivity index (χ1n) is 8.11. The van der Waals surface area contributed by atoms with Crippen LogP contribution in [0.4, 0.5) is 0 Å². The molecule has 0 aromatic heterocycles. The summed E-state index contributed by atoms with van der Waals surface area (Å²) >= 11 is 0. The van der Waals surface area contributed by atoms with E-state index in [-0.39, 0.29) is 12.0 Å². The van der Waals surface area contributed by atoms with Crippen LogP contribution < -0.4 is 10.1 Å². The number of carboxylic acids is 2. The number of rotatable bonds is 7. The Hall–Kier alpha value is -2.12. The highest BCUT2D eigenvalue weighted by Crippen LogP contribution is 2.32. The highest BCUT2D eigenvalue weighted by Gasteiger charge is 2.18. The maximum Gasteiger partial charge on any atom is 0.414 e. The van der Waals surface area contributed by atoms with Gasteiger partial charge < -0.3 is 25.4 Å². The lowest BCUT2D eigenvalue weighted by Crippen LogP contribution is -2.21. The van der Waals surface area contributed by atoms with Crippen LogP contribution in [0.25, 0.3) is 0 Å². The molecule has 0 saturated carbocycles. The molecule has 0 amide bonds. The normalized spacial score (nSPS) is 10.6. The predicted molar refractivity (Wildman–Crippen MR) is 95.2 cm³/mol. The van der Waals surface area contributed by atoms with Gasteiger partial charge in [0.25, 0.3) is 0 Å². The van der Waals surface area contributed by atoms with E-state index in [1.165, 1.54) is 11.1 Å². The molecule has 25 heavy (non-hydrogen) atoms. The summed E-state index contributed by atoms with van der Waals surface area (Å²) in [7, 11) is 0. The summed E-state index contributed by atoms with van der Waals surface area (Å²) < 4.78 is 5.92. The smallest absolute Gasteiger partial charge is 0.414 e. The van der Waals surface area contributed by atoms with Gasteiger partial charge in [-0.05, 0) is 42.5 Å². The molecule has 0 heterocycles. The molecule has 0 fully saturated rings. The van der Waals surface area contributed by atoms with Crippen LogP contribution >= 0.6 is 0 Å². The monoisotopic (exact) mass is 355 g/mol. The van der Waals surface area contributed by atoms with Crippen molar-refractivity contribution in [3.8, 4) is 5.75 Å². The average molecular weight is 355 g/mol. The second-order valence-electron chi connectivity index (χ2n) is 6.54. The Labute approximate surface area is 148 Å². The Bertz CT molecular complexity index is 539. The SMILES string of the molecule is Cc1ccc(C(C)(C)C)c(OCCCNCCO)c1.O=C(O)C(=O)O. The van der Waals surface area contributed by atoms with Gasteiger partial charge in [-0.3, -0.25) is 0 Å². The van der Waals surface area contributed by atoms with Crippen LogP contribution in [-0.4, -0.2) is 53.6 Å². The molecule has 1 aromatic carbocycles. The third-order valence-electron chi connectivity index (χ3n) is 3.17. The van der Waals surface area contributed by atoms with E-state index < -0.39 is 11.9 Å². The van der Waals surface area contributed by atoms with E-state index in [9.17, 15) is 0 Å². The van der Waals surface area contributed by atoms with Gasteiger partial charge in [-0.25, -0.2) is 9.59 Å². The second-order valence-corrected chi connectivity index (χ2v) is 6.54. The van der Waals surface area contributed by atoms with Crippen LogP contribution in [0.2, 0.25) is 0 Å². The molecule has 1 aromatic rings. The number of aliphatic hydroxyl groups is 1. The highest BCUT2D eigenvalue weighted by molar-refractivity contribution is 6.27. The molecule has 0 atom stereocenters. The molecule has 4 N–H and O–H groups in total. The summed E-state index contributed by atoms with van der Waals surface area (Å²) in [5.41, 5.74) is 2.57. The van der Waals surface area contributed by atoms with Crippen LogP contribution in [-0.2, 0) is 15.0 Å². The summed E-state index contributed by atoms with van der Waals surface area (Å²) in [5, 5.41) is 26.6. The molecule has 0 bridgehead atoms. The van der Waals surface area contributed by atoms with Gasteiger partial charge in [0, 0.05) is 6.54 Å². The van der Waals surface area contributed by atoms with Gasteiger partial charge >= 0.3 is 11.9 Å². The minimum atomic E-state index is -1.82. The Morgan fingerprint density at radius 1 is 1.12 bits per heavy atom. The quantitative estimate of drug-likeness (QED) is 0.435. The van der Waals surface area contributed by atoms with Crippen molar-refractivity contribution in [3.05, 3.63) is 29.3 Å². The summed E-state index contributed by atoms with van der Waals surface area (Å²) in [5.74, 6) is -2.65. The van der Waals surface area contributed by atoms with Gasteiger partial charge in [0.1, 0.15) is 5.75 Å². The molecule has 0 saturated heterocycles. The number of aliphatic hydroxyl groups excluding tert-OH is 1. The zero-order valence-electron chi connectivity index (χ0n) is 15.3. The van der Waals surface area contributed by atoms with Crippen LogP contribution in [0.1, 0.15) is 38.3 Å². The molecule has 7 nitrogen and oxygen atoms in total. The van der Waals surface area contributed by atoms with Gasteiger partial charge in [-0.15, -0.1) is 0 Å². The van der Waals surface area contributed by atoms with Crippen LogP contribution in [0.5, 0.6) is 5.75 Å². The lowest BCUT2D eigenvalue weighted by Gasteiger charge is -2.23. The Balaban J connectivity index is 0.000000823. The Morgan fingerprint density at radius 3 is 2.20 bits per heavy atom. The zero-order chi connectivity index (χ0) is 19.5. The first kappa shape index (κ1) is 22.9. The highest BCUT2D eigenvalue weighted by atomic mass is 16.5. The third-order valence-corrected chi connectivity index (χ3v) is 3.17. The molecule has 0 unspecified atom stereocenters. The lowest BCUT2D eigenvalue weighted by atomic mass is 9.86. The molecule has 142 valence electrons. The van der Waals surface area contributed by atoms with Crippen molar-refractivity contribution in [2.75, 3.05) is 26.3 Å². The predicted octanol–water partition coefficient (Wildman–Crippen LogP) is 1.80. The van der Waals surface area contributed by atoms with E-state index in [0.717, 1.165) is 18.7 Å². The number of carbonyl (C=O) groups is 2. The standard InChI is InChI=1S/C16H27NO2.C2H2O4/c1-13-6-7-14(16(2,3)4)15(12-13)19-11-5-8-17-9-10-18;3-1(4)2(5)6/h6-7,12,17-18H,5,8-11H2,1-4H3;(H,3,4)(H,5,6). The molecule has 0 spiro atoms. The molecular formula is C18H29NO6. The second kappa shape index (κ2) is 11.4. The molecule has 7 heteroatoms. The van der Waals surface area contributed by atoms with E-state index in [1.54, 1.807) is 0 Å². The van der Waals surface area contributed by atoms with E-state index in [2.05, 4.69) is 51.2 Å². The summed E-state index contributed by atoms with van der Waals surface area (Å²) in [6.07, 6.45) is 0.942. The zero-order valence-corrected chi connectivity index (χ0v) is 15.3. The minimum absolute atomic E-state index is 0.0954. The maximum absolute atomic E-state index is 9.10. The Kier molecular flexibility index (Phi) is 10.5. The number of benzene rings is 1. The van der Waals surface area contributed by atoms with Gasteiger partial charge in [-0.1, -0.05) is 32.9 Å². The maximum atomic E-state index is 9.10. The van der Waals surface area contributed by atoms with Crippen molar-refractivity contribution in [2.45, 2.75) is 39.5 Å². The van der Waals surface area contributed by atoms with E-state index in [4.69, 9.17) is 29.6 Å². The topological polar surface area (TPSA) is 116 Å². The van der Waals surface area contributed by atoms with Crippen molar-refractivity contribution in [1.29, 1.82) is 0 Å². The van der Waals surface area contributed by atoms with Crippen molar-refractivity contribution in [2.24, 2.45) is 0 Å². The minimum Gasteiger partial charge on any atom is -0.493 e. The van der Waals surface area contributed by atoms with Crippen molar-refractivity contribution in [3.63, 3.8) is 0 Å². The molecule has 1 rings (SSSR count). The fourth-order valence-electron chi connectivity index (χ4n) is 1.95. The first-order valence-corrected chi connectivity index (χ1v) is 8.11. The van der Waals surface area contributed by atoms with Crippen molar-refractivity contribution >= 4 is 11.9 Å². The Morgan fingerprint density at radius 2 is 1.72 bits per heavy atom. The summed E-state index contributed by atoms with van der Waals surface area (Å²) in [4.78, 5) is 18.2. The number of ether oxygens (including phenoxy) is 1. The molecule has 0 aliphatic rings. The number of carboxylic acid groups (broad SMARTS) is 2. The van der Waals surface area contributed by atoms with Crippen molar-refractivity contribution in [1.82, 2.24) is 5.32 Å². The van der Waals surface area contributed by atoms with Crippen LogP contribution in [0.15, 0.2) is 18.2 Å². The van der Waals surface area contributed by atoms with Gasteiger partial charge in [0.05, 0.1) is 13.2 Å². The molecule has 0 aliphatic heterocycles. The van der Waals surface area contributed by atoms with E-state index in [1.807, 2.05) is 0 Å². The fraction of sp³-hybridized carbons (Fsp3) is 0.556. The van der Waals surface area contributed by atoms with Gasteiger partial charge in [-0.2, -0.15) is 0 Å². The molecule has 0 radical (unpaired) electrons. The number of nitrogens with one attached hydrogen (secondary N) is 1.